The Kier molecular flexibility index (Phi) is 6.13. The molecule has 5 heteroatoms. The monoisotopic (exact) mass is 302 g/mol. The maximum Gasteiger partial charge on any atom is 0.226 e. The van der Waals surface area contributed by atoms with E-state index in [0.29, 0.717) is 0 Å². The Morgan fingerprint density at radius 2 is 1.95 bits per heavy atom. The predicted octanol–water partition coefficient (Wildman–Crippen LogP) is 3.51. The SMILES string of the molecule is CCCCN(C)c1nccc(NCCc2ccc(F)cc2)n1. The van der Waals surface area contributed by atoms with Crippen molar-refractivity contribution < 1.29 is 4.39 Å². The first-order valence-electron chi connectivity index (χ1n) is 7.71. The van der Waals surface area contributed by atoms with Gasteiger partial charge in [-0.05, 0) is 36.6 Å². The summed E-state index contributed by atoms with van der Waals surface area (Å²) in [5.74, 6) is 1.35. The smallest absolute Gasteiger partial charge is 0.226 e. The third kappa shape index (κ3) is 4.98. The standard InChI is InChI=1S/C17H23FN4/c1-3-4-13-22(2)17-20-12-10-16(21-17)19-11-9-14-5-7-15(18)8-6-14/h5-8,10,12H,3-4,9,11,13H2,1-2H3,(H,19,20,21). The van der Waals surface area contributed by atoms with Crippen LogP contribution in [-0.2, 0) is 6.42 Å². The zero-order valence-electron chi connectivity index (χ0n) is 13.2. The van der Waals surface area contributed by atoms with Gasteiger partial charge >= 0.3 is 0 Å². The zero-order chi connectivity index (χ0) is 15.8. The Hall–Kier alpha value is -2.17. The normalized spacial score (nSPS) is 10.5. The second-order valence-corrected chi connectivity index (χ2v) is 5.32. The van der Waals surface area contributed by atoms with Crippen LogP contribution in [0.4, 0.5) is 16.2 Å². The summed E-state index contributed by atoms with van der Waals surface area (Å²) in [6, 6.07) is 8.45. The third-order valence-electron chi connectivity index (χ3n) is 3.46. The van der Waals surface area contributed by atoms with Crippen molar-refractivity contribution in [1.82, 2.24) is 9.97 Å². The zero-order valence-corrected chi connectivity index (χ0v) is 13.2. The van der Waals surface area contributed by atoms with Crippen LogP contribution in [-0.4, -0.2) is 30.1 Å². The number of anilines is 2. The van der Waals surface area contributed by atoms with Crippen LogP contribution in [0.25, 0.3) is 0 Å². The fourth-order valence-corrected chi connectivity index (χ4v) is 2.11. The average molecular weight is 302 g/mol. The van der Waals surface area contributed by atoms with E-state index in [-0.39, 0.29) is 5.82 Å². The van der Waals surface area contributed by atoms with Crippen LogP contribution in [0.3, 0.4) is 0 Å². The van der Waals surface area contributed by atoms with E-state index in [4.69, 9.17) is 0 Å². The van der Waals surface area contributed by atoms with Crippen LogP contribution in [0.1, 0.15) is 25.3 Å². The fraction of sp³-hybridized carbons (Fsp3) is 0.412. The first-order valence-corrected chi connectivity index (χ1v) is 7.71. The molecule has 118 valence electrons. The van der Waals surface area contributed by atoms with E-state index in [0.717, 1.165) is 49.7 Å². The summed E-state index contributed by atoms with van der Waals surface area (Å²) in [4.78, 5) is 10.9. The first-order chi connectivity index (χ1) is 10.7. The first kappa shape index (κ1) is 16.2. The molecular weight excluding hydrogens is 279 g/mol. The topological polar surface area (TPSA) is 41.1 Å². The van der Waals surface area contributed by atoms with E-state index in [9.17, 15) is 4.39 Å². The molecule has 2 aromatic rings. The molecule has 0 bridgehead atoms. The molecule has 0 aliphatic heterocycles. The average Bonchev–Trinajstić information content (AvgIpc) is 2.55. The Morgan fingerprint density at radius 1 is 1.18 bits per heavy atom. The van der Waals surface area contributed by atoms with Crippen molar-refractivity contribution in [2.24, 2.45) is 0 Å². The van der Waals surface area contributed by atoms with Crippen molar-refractivity contribution >= 4 is 11.8 Å². The Bertz CT molecular complexity index is 571. The Morgan fingerprint density at radius 3 is 2.68 bits per heavy atom. The van der Waals surface area contributed by atoms with Crippen LogP contribution >= 0.6 is 0 Å². The Balaban J connectivity index is 1.86. The molecule has 1 aromatic heterocycles. The van der Waals surface area contributed by atoms with Gasteiger partial charge in [0.25, 0.3) is 0 Å². The number of hydrogen-bond acceptors (Lipinski definition) is 4. The number of unbranched alkanes of at least 4 members (excludes halogenated alkanes) is 1. The predicted molar refractivity (Wildman–Crippen MR) is 88.8 cm³/mol. The number of nitrogens with one attached hydrogen (secondary N) is 1. The van der Waals surface area contributed by atoms with Crippen LogP contribution in [0, 0.1) is 5.82 Å². The van der Waals surface area contributed by atoms with Crippen molar-refractivity contribution in [3.05, 3.63) is 47.9 Å². The van der Waals surface area contributed by atoms with Gasteiger partial charge in [-0.1, -0.05) is 25.5 Å². The van der Waals surface area contributed by atoms with Crippen molar-refractivity contribution in [3.8, 4) is 0 Å². The molecule has 0 spiro atoms. The fourth-order valence-electron chi connectivity index (χ4n) is 2.11. The molecule has 0 radical (unpaired) electrons. The van der Waals surface area contributed by atoms with Gasteiger partial charge in [-0.25, -0.2) is 9.37 Å². The van der Waals surface area contributed by atoms with Crippen molar-refractivity contribution in [1.29, 1.82) is 0 Å². The van der Waals surface area contributed by atoms with Gasteiger partial charge in [0.1, 0.15) is 11.6 Å². The van der Waals surface area contributed by atoms with E-state index in [1.54, 1.807) is 18.3 Å². The van der Waals surface area contributed by atoms with Crippen molar-refractivity contribution in [2.75, 3.05) is 30.4 Å². The molecular formula is C17H23FN4. The third-order valence-corrected chi connectivity index (χ3v) is 3.46. The molecule has 1 N–H and O–H groups in total. The summed E-state index contributed by atoms with van der Waals surface area (Å²) < 4.78 is 12.8. The summed E-state index contributed by atoms with van der Waals surface area (Å²) in [6.45, 7) is 3.87. The highest BCUT2D eigenvalue weighted by molar-refractivity contribution is 5.40. The van der Waals surface area contributed by atoms with Crippen LogP contribution in [0.15, 0.2) is 36.5 Å². The van der Waals surface area contributed by atoms with E-state index >= 15 is 0 Å². The van der Waals surface area contributed by atoms with E-state index in [2.05, 4.69) is 27.1 Å². The molecule has 0 aliphatic rings. The molecule has 0 saturated carbocycles. The van der Waals surface area contributed by atoms with Crippen LogP contribution < -0.4 is 10.2 Å². The molecule has 1 aromatic carbocycles. The highest BCUT2D eigenvalue weighted by atomic mass is 19.1. The highest BCUT2D eigenvalue weighted by Crippen LogP contribution is 2.10. The largest absolute Gasteiger partial charge is 0.370 e. The van der Waals surface area contributed by atoms with E-state index in [1.807, 2.05) is 13.1 Å². The molecule has 4 nitrogen and oxygen atoms in total. The Labute approximate surface area is 131 Å². The minimum Gasteiger partial charge on any atom is -0.370 e. The molecule has 0 aliphatic carbocycles. The summed E-state index contributed by atoms with van der Waals surface area (Å²) in [5, 5.41) is 3.29. The second kappa shape index (κ2) is 8.32. The number of aromatic nitrogens is 2. The van der Waals surface area contributed by atoms with Gasteiger partial charge in [0.2, 0.25) is 5.95 Å². The van der Waals surface area contributed by atoms with E-state index < -0.39 is 0 Å². The maximum atomic E-state index is 12.8. The van der Waals surface area contributed by atoms with Gasteiger partial charge in [-0.2, -0.15) is 4.98 Å². The quantitative estimate of drug-likeness (QED) is 0.810. The molecule has 0 unspecified atom stereocenters. The van der Waals surface area contributed by atoms with Gasteiger partial charge in [-0.15, -0.1) is 0 Å². The summed E-state index contributed by atoms with van der Waals surface area (Å²) >= 11 is 0. The molecule has 1 heterocycles. The summed E-state index contributed by atoms with van der Waals surface area (Å²) in [6.07, 6.45) is 4.87. The minimum absolute atomic E-state index is 0.202. The molecule has 0 amide bonds. The molecule has 22 heavy (non-hydrogen) atoms. The second-order valence-electron chi connectivity index (χ2n) is 5.32. The molecule has 0 atom stereocenters. The van der Waals surface area contributed by atoms with Crippen LogP contribution in [0.2, 0.25) is 0 Å². The lowest BCUT2D eigenvalue weighted by molar-refractivity contribution is 0.627. The number of nitrogens with zero attached hydrogens (tertiary/aromatic N) is 3. The van der Waals surface area contributed by atoms with Crippen molar-refractivity contribution in [2.45, 2.75) is 26.2 Å². The molecule has 2 rings (SSSR count). The number of rotatable bonds is 8. The number of benzene rings is 1. The maximum absolute atomic E-state index is 12.8. The van der Waals surface area contributed by atoms with Gasteiger partial charge in [0, 0.05) is 26.3 Å². The minimum atomic E-state index is -0.202. The lowest BCUT2D eigenvalue weighted by atomic mass is 10.1. The van der Waals surface area contributed by atoms with Gasteiger partial charge in [0.05, 0.1) is 0 Å². The van der Waals surface area contributed by atoms with E-state index in [1.165, 1.54) is 12.1 Å². The lowest BCUT2D eigenvalue weighted by Crippen LogP contribution is -2.21. The van der Waals surface area contributed by atoms with Crippen LogP contribution in [0.5, 0.6) is 0 Å². The number of hydrogen-bond donors (Lipinski definition) is 1. The number of halogens is 1. The van der Waals surface area contributed by atoms with Gasteiger partial charge in [-0.3, -0.25) is 0 Å². The molecule has 0 fully saturated rings. The molecule has 0 saturated heterocycles. The van der Waals surface area contributed by atoms with Gasteiger partial charge < -0.3 is 10.2 Å². The van der Waals surface area contributed by atoms with Gasteiger partial charge in [0.15, 0.2) is 0 Å². The summed E-state index contributed by atoms with van der Waals surface area (Å²) in [7, 11) is 2.01. The summed E-state index contributed by atoms with van der Waals surface area (Å²) in [5.41, 5.74) is 1.10. The lowest BCUT2D eigenvalue weighted by Gasteiger charge is -2.17. The van der Waals surface area contributed by atoms with Crippen molar-refractivity contribution in [3.63, 3.8) is 0 Å². The highest BCUT2D eigenvalue weighted by Gasteiger charge is 2.04.